The first-order valence-electron chi connectivity index (χ1n) is 9.89. The van der Waals surface area contributed by atoms with Crippen LogP contribution in [0.2, 0.25) is 0 Å². The van der Waals surface area contributed by atoms with Crippen LogP contribution in [0.5, 0.6) is 0 Å². The summed E-state index contributed by atoms with van der Waals surface area (Å²) in [5.41, 5.74) is 0.882. The molecule has 0 radical (unpaired) electrons. The fourth-order valence-electron chi connectivity index (χ4n) is 3.09. The summed E-state index contributed by atoms with van der Waals surface area (Å²) in [4.78, 5) is 39.9. The van der Waals surface area contributed by atoms with Crippen molar-refractivity contribution in [3.05, 3.63) is 107 Å². The fraction of sp³-hybridized carbons (Fsp3) is 0.115. The summed E-state index contributed by atoms with van der Waals surface area (Å²) < 4.78 is 13.4. The van der Waals surface area contributed by atoms with Crippen LogP contribution in [0.25, 0.3) is 5.57 Å². The molecule has 156 valence electrons. The Balaban J connectivity index is 2.22. The van der Waals surface area contributed by atoms with Gasteiger partial charge in [-0.05, 0) is 42.0 Å². The maximum Gasteiger partial charge on any atom is 0.260 e. The Morgan fingerprint density at radius 2 is 1.29 bits per heavy atom. The lowest BCUT2D eigenvalue weighted by Crippen LogP contribution is -2.27. The molecule has 3 rings (SSSR count). The van der Waals surface area contributed by atoms with E-state index < -0.39 is 29.2 Å². The minimum absolute atomic E-state index is 0.0145. The van der Waals surface area contributed by atoms with Crippen LogP contribution < -0.4 is 5.32 Å². The summed E-state index contributed by atoms with van der Waals surface area (Å²) in [6.45, 7) is 3.34. The third-order valence-corrected chi connectivity index (χ3v) is 4.68. The van der Waals surface area contributed by atoms with Gasteiger partial charge in [-0.2, -0.15) is 0 Å². The average Bonchev–Trinajstić information content (AvgIpc) is 2.78. The molecule has 1 amide bonds. The van der Waals surface area contributed by atoms with Gasteiger partial charge in [0.15, 0.2) is 11.6 Å². The van der Waals surface area contributed by atoms with Gasteiger partial charge in [-0.3, -0.25) is 14.4 Å². The number of anilines is 1. The van der Waals surface area contributed by atoms with Crippen molar-refractivity contribution in [2.45, 2.75) is 13.8 Å². The number of hydrogen-bond acceptors (Lipinski definition) is 3. The number of ketones is 2. The maximum absolute atomic E-state index is 13.5. The normalized spacial score (nSPS) is 11.6. The standard InChI is InChI=1S/C26H22FNO3/c1-17(2)24(29)23(26(31)28-21-11-7-4-8-12-21)22(18-9-5-3-6-10-18)25(30)19-13-15-20(27)16-14-19/h3-17H,1-2H3,(H,28,31). The Bertz CT molecular complexity index is 1120. The molecule has 0 atom stereocenters. The number of benzene rings is 3. The lowest BCUT2D eigenvalue weighted by Gasteiger charge is -2.16. The number of hydrogen-bond donors (Lipinski definition) is 1. The van der Waals surface area contributed by atoms with Crippen molar-refractivity contribution < 1.29 is 18.8 Å². The highest BCUT2D eigenvalue weighted by Crippen LogP contribution is 2.27. The quantitative estimate of drug-likeness (QED) is 0.246. The Hall–Kier alpha value is -3.86. The summed E-state index contributed by atoms with van der Waals surface area (Å²) in [5, 5.41) is 2.71. The zero-order valence-electron chi connectivity index (χ0n) is 17.3. The van der Waals surface area contributed by atoms with Crippen molar-refractivity contribution in [3.8, 4) is 0 Å². The van der Waals surface area contributed by atoms with Gasteiger partial charge in [-0.1, -0.05) is 62.4 Å². The van der Waals surface area contributed by atoms with Gasteiger partial charge < -0.3 is 5.32 Å². The summed E-state index contributed by atoms with van der Waals surface area (Å²) in [6, 6.07) is 22.3. The summed E-state index contributed by atoms with van der Waals surface area (Å²) in [6.07, 6.45) is 0. The predicted octanol–water partition coefficient (Wildman–Crippen LogP) is 5.33. The average molecular weight is 415 g/mol. The molecule has 5 heteroatoms. The van der Waals surface area contributed by atoms with Crippen LogP contribution in [0.3, 0.4) is 0 Å². The van der Waals surface area contributed by atoms with Crippen LogP contribution in [0.15, 0.2) is 90.5 Å². The molecule has 31 heavy (non-hydrogen) atoms. The predicted molar refractivity (Wildman–Crippen MR) is 119 cm³/mol. The largest absolute Gasteiger partial charge is 0.322 e. The van der Waals surface area contributed by atoms with Crippen molar-refractivity contribution >= 4 is 28.7 Å². The van der Waals surface area contributed by atoms with Gasteiger partial charge in [0.25, 0.3) is 5.91 Å². The van der Waals surface area contributed by atoms with Crippen LogP contribution in [0, 0.1) is 11.7 Å². The fourth-order valence-corrected chi connectivity index (χ4v) is 3.09. The highest BCUT2D eigenvalue weighted by atomic mass is 19.1. The molecule has 0 aliphatic rings. The third-order valence-electron chi connectivity index (χ3n) is 4.68. The molecule has 0 aliphatic heterocycles. The molecule has 3 aromatic rings. The zero-order valence-corrected chi connectivity index (χ0v) is 17.3. The van der Waals surface area contributed by atoms with E-state index in [1.807, 2.05) is 0 Å². The Kier molecular flexibility index (Phi) is 6.88. The number of nitrogens with one attached hydrogen (secondary N) is 1. The van der Waals surface area contributed by atoms with Crippen LogP contribution in [0.1, 0.15) is 29.8 Å². The zero-order chi connectivity index (χ0) is 22.4. The van der Waals surface area contributed by atoms with Gasteiger partial charge in [0.2, 0.25) is 0 Å². The molecule has 4 nitrogen and oxygen atoms in total. The van der Waals surface area contributed by atoms with Gasteiger partial charge in [0, 0.05) is 22.7 Å². The van der Waals surface area contributed by atoms with Crippen LogP contribution in [-0.4, -0.2) is 17.5 Å². The van der Waals surface area contributed by atoms with Gasteiger partial charge in [-0.25, -0.2) is 4.39 Å². The molecular weight excluding hydrogens is 393 g/mol. The van der Waals surface area contributed by atoms with Crippen molar-refractivity contribution in [2.24, 2.45) is 5.92 Å². The molecule has 1 N–H and O–H groups in total. The Morgan fingerprint density at radius 3 is 1.84 bits per heavy atom. The van der Waals surface area contributed by atoms with Crippen molar-refractivity contribution in [3.63, 3.8) is 0 Å². The van der Waals surface area contributed by atoms with Crippen LogP contribution in [-0.2, 0) is 9.59 Å². The van der Waals surface area contributed by atoms with Gasteiger partial charge in [-0.15, -0.1) is 0 Å². The smallest absolute Gasteiger partial charge is 0.260 e. The summed E-state index contributed by atoms with van der Waals surface area (Å²) in [7, 11) is 0. The van der Waals surface area contributed by atoms with Crippen molar-refractivity contribution in [1.82, 2.24) is 0 Å². The molecule has 0 unspecified atom stereocenters. The third kappa shape index (κ3) is 5.20. The number of amides is 1. The van der Waals surface area contributed by atoms with Gasteiger partial charge in [0.05, 0.1) is 5.57 Å². The number of halogens is 1. The molecule has 0 spiro atoms. The Morgan fingerprint density at radius 1 is 0.742 bits per heavy atom. The van der Waals surface area contributed by atoms with E-state index in [0.29, 0.717) is 11.3 Å². The first kappa shape index (κ1) is 21.8. The SMILES string of the molecule is CC(C)C(=O)C(C(=O)Nc1ccccc1)=C(C(=O)c1ccc(F)cc1)c1ccccc1. The Labute approximate surface area is 180 Å². The number of carbonyl (C=O) groups excluding carboxylic acids is 3. The van der Waals surface area contributed by atoms with E-state index >= 15 is 0 Å². The molecule has 0 aliphatic carbocycles. The van der Waals surface area contributed by atoms with E-state index in [0.717, 1.165) is 0 Å². The van der Waals surface area contributed by atoms with Gasteiger partial charge >= 0.3 is 0 Å². The monoisotopic (exact) mass is 415 g/mol. The van der Waals surface area contributed by atoms with E-state index in [-0.39, 0.29) is 16.7 Å². The lowest BCUT2D eigenvalue weighted by atomic mass is 9.87. The second-order valence-electron chi connectivity index (χ2n) is 7.29. The van der Waals surface area contributed by atoms with E-state index in [4.69, 9.17) is 0 Å². The number of Topliss-reactive ketones (excluding diaryl/α,β-unsaturated/α-hetero) is 2. The minimum atomic E-state index is -0.667. The lowest BCUT2D eigenvalue weighted by molar-refractivity contribution is -0.121. The number of para-hydroxylation sites is 1. The molecule has 0 fully saturated rings. The maximum atomic E-state index is 13.5. The molecule has 0 saturated carbocycles. The highest BCUT2D eigenvalue weighted by Gasteiger charge is 2.30. The molecule has 3 aromatic carbocycles. The molecule has 0 heterocycles. The number of allylic oxidation sites excluding steroid dienone is 1. The molecule has 0 aromatic heterocycles. The minimum Gasteiger partial charge on any atom is -0.322 e. The molecule has 0 saturated heterocycles. The second kappa shape index (κ2) is 9.76. The molecular formula is C26H22FNO3. The van der Waals surface area contributed by atoms with Gasteiger partial charge in [0.1, 0.15) is 5.82 Å². The topological polar surface area (TPSA) is 63.2 Å². The van der Waals surface area contributed by atoms with E-state index in [2.05, 4.69) is 5.32 Å². The van der Waals surface area contributed by atoms with Crippen molar-refractivity contribution in [2.75, 3.05) is 5.32 Å². The molecule has 0 bridgehead atoms. The number of carbonyl (C=O) groups is 3. The van der Waals surface area contributed by atoms with Crippen LogP contribution >= 0.6 is 0 Å². The van der Waals surface area contributed by atoms with Crippen molar-refractivity contribution in [1.29, 1.82) is 0 Å². The van der Waals surface area contributed by atoms with E-state index in [9.17, 15) is 18.8 Å². The van der Waals surface area contributed by atoms with E-state index in [1.54, 1.807) is 74.5 Å². The number of rotatable bonds is 7. The van der Waals surface area contributed by atoms with E-state index in [1.165, 1.54) is 24.3 Å². The van der Waals surface area contributed by atoms with Crippen LogP contribution in [0.4, 0.5) is 10.1 Å². The highest BCUT2D eigenvalue weighted by molar-refractivity contribution is 6.41. The first-order chi connectivity index (χ1) is 14.9. The summed E-state index contributed by atoms with van der Waals surface area (Å²) in [5.74, 6) is -2.65. The first-order valence-corrected chi connectivity index (χ1v) is 9.89. The summed E-state index contributed by atoms with van der Waals surface area (Å²) >= 11 is 0. The second-order valence-corrected chi connectivity index (χ2v) is 7.29.